The number of pyridine rings is 1. The molecule has 0 aliphatic heterocycles. The van der Waals surface area contributed by atoms with Gasteiger partial charge >= 0.3 is 0 Å². The highest BCUT2D eigenvalue weighted by molar-refractivity contribution is 6.05. The van der Waals surface area contributed by atoms with Crippen molar-refractivity contribution in [3.05, 3.63) is 45.9 Å². The predicted octanol–water partition coefficient (Wildman–Crippen LogP) is 2.45. The van der Waals surface area contributed by atoms with Crippen LogP contribution in [0.3, 0.4) is 0 Å². The summed E-state index contributed by atoms with van der Waals surface area (Å²) in [6.07, 6.45) is 0. The molecule has 2 heterocycles. The van der Waals surface area contributed by atoms with Gasteiger partial charge < -0.3 is 4.42 Å². The number of benzene rings is 1. The van der Waals surface area contributed by atoms with Crippen LogP contribution >= 0.6 is 0 Å². The number of rotatable bonds is 1. The Morgan fingerprint density at radius 1 is 1.20 bits per heavy atom. The first-order valence-electron chi connectivity index (χ1n) is 6.30. The van der Waals surface area contributed by atoms with Crippen molar-refractivity contribution in [2.24, 2.45) is 0 Å². The number of hydrogen-bond donors (Lipinski definition) is 1. The van der Waals surface area contributed by atoms with E-state index in [1.54, 1.807) is 6.92 Å². The Balaban J connectivity index is 2.41. The summed E-state index contributed by atoms with van der Waals surface area (Å²) in [5.41, 5.74) is 5.23. The number of aromatic nitrogens is 1. The Kier molecular flexibility index (Phi) is 2.64. The van der Waals surface area contributed by atoms with E-state index in [1.807, 2.05) is 25.1 Å². The van der Waals surface area contributed by atoms with Gasteiger partial charge in [0.2, 0.25) is 5.91 Å². The number of nitrogens with one attached hydrogen (secondary N) is 1. The normalized spacial score (nSPS) is 11.2. The van der Waals surface area contributed by atoms with Gasteiger partial charge in [0.25, 0.3) is 5.56 Å². The zero-order valence-electron chi connectivity index (χ0n) is 11.5. The maximum Gasteiger partial charge on any atom is 0.270 e. The van der Waals surface area contributed by atoms with Crippen LogP contribution < -0.4 is 11.0 Å². The molecule has 20 heavy (non-hydrogen) atoms. The number of fused-ring (bicyclic) bond motifs is 3. The van der Waals surface area contributed by atoms with Crippen molar-refractivity contribution >= 4 is 27.8 Å². The van der Waals surface area contributed by atoms with Crippen LogP contribution in [0, 0.1) is 13.8 Å². The highest BCUT2D eigenvalue weighted by atomic mass is 16.3. The highest BCUT2D eigenvalue weighted by Crippen LogP contribution is 2.29. The molecular formula is C15H14N2O3. The molecule has 0 unspecified atom stereocenters. The molecule has 102 valence electrons. The van der Waals surface area contributed by atoms with Gasteiger partial charge in [-0.3, -0.25) is 15.0 Å². The average molecular weight is 270 g/mol. The van der Waals surface area contributed by atoms with Crippen molar-refractivity contribution in [2.75, 3.05) is 5.43 Å². The quantitative estimate of drug-likeness (QED) is 0.738. The monoisotopic (exact) mass is 270 g/mol. The van der Waals surface area contributed by atoms with Crippen molar-refractivity contribution in [3.63, 3.8) is 0 Å². The molecule has 1 aromatic carbocycles. The minimum absolute atomic E-state index is 0.284. The van der Waals surface area contributed by atoms with E-state index in [0.29, 0.717) is 11.3 Å². The van der Waals surface area contributed by atoms with Crippen molar-refractivity contribution in [1.82, 2.24) is 4.68 Å². The number of amides is 1. The summed E-state index contributed by atoms with van der Waals surface area (Å²) in [6, 6.07) is 7.34. The second-order valence-electron chi connectivity index (χ2n) is 4.92. The van der Waals surface area contributed by atoms with Crippen LogP contribution in [0.15, 0.2) is 33.5 Å². The summed E-state index contributed by atoms with van der Waals surface area (Å²) in [5.74, 6) is -0.304. The van der Waals surface area contributed by atoms with Crippen LogP contribution in [0.1, 0.15) is 18.2 Å². The third kappa shape index (κ3) is 1.79. The predicted molar refractivity (Wildman–Crippen MR) is 77.5 cm³/mol. The van der Waals surface area contributed by atoms with Gasteiger partial charge in [-0.15, -0.1) is 0 Å². The Morgan fingerprint density at radius 3 is 2.65 bits per heavy atom. The van der Waals surface area contributed by atoms with E-state index in [2.05, 4.69) is 5.43 Å². The molecule has 0 radical (unpaired) electrons. The first-order valence-corrected chi connectivity index (χ1v) is 6.30. The van der Waals surface area contributed by atoms with Gasteiger partial charge in [0, 0.05) is 23.8 Å². The second kappa shape index (κ2) is 4.23. The Labute approximate surface area is 114 Å². The topological polar surface area (TPSA) is 64.2 Å². The van der Waals surface area contributed by atoms with E-state index in [1.165, 1.54) is 17.7 Å². The molecule has 2 aromatic heterocycles. The summed E-state index contributed by atoms with van der Waals surface area (Å²) in [5, 5.41) is 1.67. The fourth-order valence-corrected chi connectivity index (χ4v) is 2.39. The summed E-state index contributed by atoms with van der Waals surface area (Å²) in [7, 11) is 0. The smallest absolute Gasteiger partial charge is 0.270 e. The standard InChI is InChI=1S/C15H14N2O3/c1-8-4-5-11-12-7-14(19)17(16-10(3)18)9(2)15(12)20-13(11)6-8/h4-7H,1-3H3,(H,16,18). The van der Waals surface area contributed by atoms with Crippen LogP contribution in [-0.4, -0.2) is 10.6 Å². The van der Waals surface area contributed by atoms with Gasteiger partial charge in [-0.25, -0.2) is 4.68 Å². The van der Waals surface area contributed by atoms with Gasteiger partial charge in [0.1, 0.15) is 5.58 Å². The van der Waals surface area contributed by atoms with Crippen molar-refractivity contribution in [3.8, 4) is 0 Å². The average Bonchev–Trinajstić information content (AvgIpc) is 2.72. The van der Waals surface area contributed by atoms with E-state index < -0.39 is 0 Å². The van der Waals surface area contributed by atoms with Crippen LogP contribution in [-0.2, 0) is 4.79 Å². The fraction of sp³-hybridized carbons (Fsp3) is 0.200. The summed E-state index contributed by atoms with van der Waals surface area (Å²) in [4.78, 5) is 23.3. The molecule has 0 aliphatic carbocycles. The summed E-state index contributed by atoms with van der Waals surface area (Å²) in [6.45, 7) is 5.09. The Bertz CT molecular complexity index is 903. The molecule has 0 atom stereocenters. The third-order valence-electron chi connectivity index (χ3n) is 3.31. The van der Waals surface area contributed by atoms with Crippen LogP contribution in [0.25, 0.3) is 21.9 Å². The zero-order valence-corrected chi connectivity index (χ0v) is 11.5. The fourth-order valence-electron chi connectivity index (χ4n) is 2.39. The lowest BCUT2D eigenvalue weighted by Gasteiger charge is -2.09. The third-order valence-corrected chi connectivity index (χ3v) is 3.31. The van der Waals surface area contributed by atoms with Crippen LogP contribution in [0.2, 0.25) is 0 Å². The van der Waals surface area contributed by atoms with Gasteiger partial charge in [0.15, 0.2) is 5.58 Å². The number of furan rings is 1. The molecule has 0 saturated heterocycles. The lowest BCUT2D eigenvalue weighted by atomic mass is 10.1. The number of aryl methyl sites for hydroxylation is 2. The van der Waals surface area contributed by atoms with Gasteiger partial charge in [-0.1, -0.05) is 12.1 Å². The molecule has 0 fully saturated rings. The maximum absolute atomic E-state index is 12.1. The lowest BCUT2D eigenvalue weighted by molar-refractivity contribution is -0.115. The minimum atomic E-state index is -0.304. The van der Waals surface area contributed by atoms with E-state index in [9.17, 15) is 9.59 Å². The Hall–Kier alpha value is -2.56. The summed E-state index contributed by atoms with van der Waals surface area (Å²) < 4.78 is 7.04. The summed E-state index contributed by atoms with van der Waals surface area (Å²) >= 11 is 0. The zero-order chi connectivity index (χ0) is 14.4. The number of carbonyl (C=O) groups is 1. The van der Waals surface area contributed by atoms with Gasteiger partial charge in [-0.05, 0) is 25.5 Å². The largest absolute Gasteiger partial charge is 0.454 e. The maximum atomic E-state index is 12.1. The number of nitrogens with zero attached hydrogens (tertiary/aromatic N) is 1. The van der Waals surface area contributed by atoms with Crippen LogP contribution in [0.4, 0.5) is 0 Å². The minimum Gasteiger partial charge on any atom is -0.454 e. The molecule has 3 rings (SSSR count). The molecule has 0 bridgehead atoms. The van der Waals surface area contributed by atoms with Crippen molar-refractivity contribution in [2.45, 2.75) is 20.8 Å². The van der Waals surface area contributed by atoms with E-state index in [-0.39, 0.29) is 11.5 Å². The lowest BCUT2D eigenvalue weighted by Crippen LogP contribution is -2.32. The first kappa shape index (κ1) is 12.5. The molecule has 5 nitrogen and oxygen atoms in total. The molecular weight excluding hydrogens is 256 g/mol. The number of hydrogen-bond acceptors (Lipinski definition) is 3. The molecule has 1 amide bonds. The SMILES string of the molecule is CC(=O)Nn1c(C)c2oc3cc(C)ccc3c2cc1=O. The first-order chi connectivity index (χ1) is 9.47. The van der Waals surface area contributed by atoms with Gasteiger partial charge in [0.05, 0.1) is 5.69 Å². The molecule has 0 saturated carbocycles. The van der Waals surface area contributed by atoms with Crippen molar-refractivity contribution < 1.29 is 9.21 Å². The van der Waals surface area contributed by atoms with Gasteiger partial charge in [-0.2, -0.15) is 0 Å². The van der Waals surface area contributed by atoms with E-state index >= 15 is 0 Å². The van der Waals surface area contributed by atoms with Crippen LogP contribution in [0.5, 0.6) is 0 Å². The van der Waals surface area contributed by atoms with E-state index in [0.717, 1.165) is 21.9 Å². The van der Waals surface area contributed by atoms with Crippen molar-refractivity contribution in [1.29, 1.82) is 0 Å². The highest BCUT2D eigenvalue weighted by Gasteiger charge is 2.14. The van der Waals surface area contributed by atoms with E-state index in [4.69, 9.17) is 4.42 Å². The molecule has 5 heteroatoms. The molecule has 1 N–H and O–H groups in total. The Morgan fingerprint density at radius 2 is 1.95 bits per heavy atom. The molecule has 0 spiro atoms. The molecule has 3 aromatic rings. The second-order valence-corrected chi connectivity index (χ2v) is 4.92. The number of carbonyl (C=O) groups excluding carboxylic acids is 1. The molecule has 0 aliphatic rings.